The molecule has 6 N–H and O–H groups in total. The van der Waals surface area contributed by atoms with E-state index in [2.05, 4.69) is 67.8 Å². The van der Waals surface area contributed by atoms with Gasteiger partial charge in [0.2, 0.25) is 5.91 Å². The van der Waals surface area contributed by atoms with Crippen LogP contribution in [0.3, 0.4) is 0 Å². The van der Waals surface area contributed by atoms with Crippen LogP contribution in [0.2, 0.25) is 0 Å². The molecule has 1 fully saturated rings. The third kappa shape index (κ3) is 30.6. The maximum Gasteiger partial charge on any atom is 0.220 e. The van der Waals surface area contributed by atoms with Crippen molar-refractivity contribution in [3.05, 3.63) is 60.8 Å². The molecule has 0 aliphatic carbocycles. The van der Waals surface area contributed by atoms with Crippen LogP contribution in [0, 0.1) is 0 Å². The Morgan fingerprint density at radius 1 is 0.576 bits per heavy atom. The highest BCUT2D eigenvalue weighted by atomic mass is 16.7. The first-order valence-electron chi connectivity index (χ1n) is 24.0. The molecule has 1 rings (SSSR count). The van der Waals surface area contributed by atoms with Crippen molar-refractivity contribution in [1.82, 2.24) is 5.32 Å². The molecule has 0 aromatic heterocycles. The Morgan fingerprint density at radius 2 is 1.05 bits per heavy atom. The number of nitrogens with one attached hydrogen (secondary N) is 1. The Morgan fingerprint density at radius 3 is 1.59 bits per heavy atom. The lowest BCUT2D eigenvalue weighted by Gasteiger charge is -2.40. The van der Waals surface area contributed by atoms with Gasteiger partial charge in [-0.05, 0) is 70.6 Å². The molecule has 7 atom stereocenters. The van der Waals surface area contributed by atoms with Gasteiger partial charge in [-0.15, -0.1) is 0 Å². The average molecular weight is 832 g/mol. The molecule has 342 valence electrons. The molecule has 59 heavy (non-hydrogen) atoms. The summed E-state index contributed by atoms with van der Waals surface area (Å²) in [5.41, 5.74) is 0. The van der Waals surface area contributed by atoms with Gasteiger partial charge in [-0.3, -0.25) is 4.79 Å². The molecule has 1 heterocycles. The zero-order valence-corrected chi connectivity index (χ0v) is 37.5. The quantitative estimate of drug-likeness (QED) is 0.0265. The van der Waals surface area contributed by atoms with E-state index in [1.54, 1.807) is 6.08 Å². The van der Waals surface area contributed by atoms with Crippen molar-refractivity contribution in [3.8, 4) is 0 Å². The van der Waals surface area contributed by atoms with E-state index in [0.29, 0.717) is 6.42 Å². The van der Waals surface area contributed by atoms with Gasteiger partial charge in [0, 0.05) is 6.42 Å². The van der Waals surface area contributed by atoms with Gasteiger partial charge in [0.25, 0.3) is 0 Å². The lowest BCUT2D eigenvalue weighted by molar-refractivity contribution is -0.302. The second kappa shape index (κ2) is 40.0. The highest BCUT2D eigenvalue weighted by Crippen LogP contribution is 2.22. The summed E-state index contributed by atoms with van der Waals surface area (Å²) in [6, 6.07) is -0.836. The van der Waals surface area contributed by atoms with Gasteiger partial charge in [-0.25, -0.2) is 0 Å². The molecular weight excluding hydrogens is 743 g/mol. The number of aliphatic hydroxyl groups is 5. The maximum absolute atomic E-state index is 12.9. The predicted molar refractivity (Wildman–Crippen MR) is 244 cm³/mol. The second-order valence-corrected chi connectivity index (χ2v) is 16.5. The lowest BCUT2D eigenvalue weighted by atomic mass is 9.99. The minimum atomic E-state index is -1.58. The van der Waals surface area contributed by atoms with E-state index in [9.17, 15) is 30.3 Å². The third-order valence-corrected chi connectivity index (χ3v) is 11.0. The maximum atomic E-state index is 12.9. The Hall–Kier alpha value is -2.11. The summed E-state index contributed by atoms with van der Waals surface area (Å²) in [6.07, 6.45) is 45.6. The highest BCUT2D eigenvalue weighted by molar-refractivity contribution is 5.76. The summed E-state index contributed by atoms with van der Waals surface area (Å²) in [4.78, 5) is 12.9. The van der Waals surface area contributed by atoms with E-state index in [-0.39, 0.29) is 12.5 Å². The summed E-state index contributed by atoms with van der Waals surface area (Å²) >= 11 is 0. The first-order valence-corrected chi connectivity index (χ1v) is 24.0. The second-order valence-electron chi connectivity index (χ2n) is 16.5. The monoisotopic (exact) mass is 832 g/mol. The van der Waals surface area contributed by atoms with Crippen LogP contribution in [0.25, 0.3) is 0 Å². The van der Waals surface area contributed by atoms with Crippen molar-refractivity contribution in [2.45, 2.75) is 236 Å². The van der Waals surface area contributed by atoms with Gasteiger partial charge in [-0.1, -0.05) is 177 Å². The molecule has 0 aromatic carbocycles. The van der Waals surface area contributed by atoms with Crippen LogP contribution in [-0.2, 0) is 14.3 Å². The van der Waals surface area contributed by atoms with E-state index in [0.717, 1.165) is 77.0 Å². The Balaban J connectivity index is 2.36. The van der Waals surface area contributed by atoms with E-state index < -0.39 is 49.5 Å². The molecule has 0 bridgehead atoms. The van der Waals surface area contributed by atoms with Gasteiger partial charge in [0.15, 0.2) is 6.29 Å². The average Bonchev–Trinajstić information content (AvgIpc) is 3.23. The third-order valence-electron chi connectivity index (χ3n) is 11.0. The fourth-order valence-electron chi connectivity index (χ4n) is 7.17. The number of aliphatic hydroxyl groups excluding tert-OH is 5. The summed E-state index contributed by atoms with van der Waals surface area (Å²) in [7, 11) is 0. The molecule has 0 radical (unpaired) electrons. The fourth-order valence-corrected chi connectivity index (χ4v) is 7.17. The Kier molecular flexibility index (Phi) is 37.2. The van der Waals surface area contributed by atoms with E-state index >= 15 is 0 Å². The standard InChI is InChI=1S/C50H89NO8/c1-3-5-7-9-11-13-15-17-18-19-20-21-22-23-24-25-26-28-29-31-33-35-37-39-44(53)43(42-58-50-49(57)48(56)47(55)45(41-52)59-50)51-46(54)40-38-36-34-32-30-27-16-14-12-10-8-6-4-2/h8,10,14,16,24-25,29,31,37,39,43-45,47-50,52-53,55-57H,3-7,9,11-13,15,17-23,26-28,30,32-36,38,40-42H2,1-2H3,(H,51,54)/b10-8-,16-14-,25-24+,31-29+,39-37+. The zero-order valence-electron chi connectivity index (χ0n) is 37.5. The van der Waals surface area contributed by atoms with Crippen molar-refractivity contribution in [1.29, 1.82) is 0 Å². The van der Waals surface area contributed by atoms with Gasteiger partial charge >= 0.3 is 0 Å². The first-order chi connectivity index (χ1) is 28.8. The van der Waals surface area contributed by atoms with Gasteiger partial charge in [0.1, 0.15) is 24.4 Å². The smallest absolute Gasteiger partial charge is 0.220 e. The molecule has 1 amide bonds. The number of carbonyl (C=O) groups excluding carboxylic acids is 1. The van der Waals surface area contributed by atoms with Crippen molar-refractivity contribution in [3.63, 3.8) is 0 Å². The Bertz CT molecular complexity index is 1100. The lowest BCUT2D eigenvalue weighted by Crippen LogP contribution is -2.60. The van der Waals surface area contributed by atoms with Crippen molar-refractivity contribution >= 4 is 5.91 Å². The Labute approximate surface area is 360 Å². The van der Waals surface area contributed by atoms with Crippen molar-refractivity contribution < 1.29 is 39.8 Å². The SMILES string of the molecule is CCC/C=C\C/C=C\CCCCCCCC(=O)NC(COC1OC(CO)C(O)C(O)C1O)C(O)/C=C/CC/C=C/CC/C=C/CCCCCCCCCCCCCCC. The molecule has 0 saturated carbocycles. The van der Waals surface area contributed by atoms with Crippen LogP contribution in [-0.4, -0.2) is 87.5 Å². The van der Waals surface area contributed by atoms with Gasteiger partial charge in [-0.2, -0.15) is 0 Å². The molecule has 9 heteroatoms. The summed E-state index contributed by atoms with van der Waals surface area (Å²) in [5.74, 6) is -0.208. The molecule has 1 aliphatic rings. The highest BCUT2D eigenvalue weighted by Gasteiger charge is 2.44. The topological polar surface area (TPSA) is 149 Å². The van der Waals surface area contributed by atoms with Crippen LogP contribution in [0.5, 0.6) is 0 Å². The van der Waals surface area contributed by atoms with Crippen molar-refractivity contribution in [2.75, 3.05) is 13.2 Å². The number of rotatable bonds is 39. The number of amides is 1. The fraction of sp³-hybridized carbons (Fsp3) is 0.780. The number of allylic oxidation sites excluding steroid dienone is 9. The van der Waals surface area contributed by atoms with Crippen LogP contribution >= 0.6 is 0 Å². The summed E-state index contributed by atoms with van der Waals surface area (Å²) in [6.45, 7) is 3.67. The van der Waals surface area contributed by atoms with Crippen molar-refractivity contribution in [2.24, 2.45) is 0 Å². The van der Waals surface area contributed by atoms with Gasteiger partial charge < -0.3 is 40.3 Å². The van der Waals surface area contributed by atoms with E-state index in [4.69, 9.17) is 9.47 Å². The predicted octanol–water partition coefficient (Wildman–Crippen LogP) is 10.4. The zero-order chi connectivity index (χ0) is 43.0. The minimum absolute atomic E-state index is 0.208. The number of hydrogen-bond acceptors (Lipinski definition) is 8. The van der Waals surface area contributed by atoms with Gasteiger partial charge in [0.05, 0.1) is 25.4 Å². The number of hydrogen-bond donors (Lipinski definition) is 6. The van der Waals surface area contributed by atoms with Crippen LogP contribution < -0.4 is 5.32 Å². The minimum Gasteiger partial charge on any atom is -0.394 e. The van der Waals surface area contributed by atoms with E-state index in [1.807, 2.05) is 6.08 Å². The number of carbonyl (C=O) groups is 1. The normalized spacial score (nSPS) is 21.2. The summed E-state index contributed by atoms with van der Waals surface area (Å²) in [5, 5.41) is 54.2. The molecule has 1 saturated heterocycles. The molecule has 1 aliphatic heterocycles. The van der Waals surface area contributed by atoms with Crippen LogP contribution in [0.1, 0.15) is 194 Å². The van der Waals surface area contributed by atoms with Crippen LogP contribution in [0.15, 0.2) is 60.8 Å². The molecule has 7 unspecified atom stereocenters. The van der Waals surface area contributed by atoms with E-state index in [1.165, 1.54) is 96.3 Å². The van der Waals surface area contributed by atoms with Crippen LogP contribution in [0.4, 0.5) is 0 Å². The largest absolute Gasteiger partial charge is 0.394 e. The first kappa shape index (κ1) is 54.9. The number of unbranched alkanes of at least 4 members (excludes halogenated alkanes) is 21. The summed E-state index contributed by atoms with van der Waals surface area (Å²) < 4.78 is 11.2. The molecular formula is C50H89NO8. The molecule has 9 nitrogen and oxygen atoms in total. The number of ether oxygens (including phenoxy) is 2. The molecule has 0 spiro atoms. The molecule has 0 aromatic rings.